The minimum atomic E-state index is -3.40. The SMILES string of the molecule is Cc1nn(C)c2nc(-c3ccco3)cc(C(=O)NCc3ccc(CS(=O)(=O)NC(C)C)cc3)c12. The number of carbonyl (C=O) groups is 1. The molecular weight excluding hydrogens is 454 g/mol. The maximum atomic E-state index is 13.2. The van der Waals surface area contributed by atoms with Crippen molar-refractivity contribution in [2.24, 2.45) is 7.05 Å². The number of pyridine rings is 1. The smallest absolute Gasteiger partial charge is 0.252 e. The van der Waals surface area contributed by atoms with Gasteiger partial charge in [0.05, 0.1) is 28.7 Å². The molecule has 0 aliphatic rings. The van der Waals surface area contributed by atoms with E-state index >= 15 is 0 Å². The Morgan fingerprint density at radius 3 is 2.50 bits per heavy atom. The Bertz CT molecular complexity index is 1420. The van der Waals surface area contributed by atoms with E-state index in [0.29, 0.717) is 39.3 Å². The number of hydrogen-bond donors (Lipinski definition) is 2. The second-order valence-electron chi connectivity index (χ2n) is 8.47. The van der Waals surface area contributed by atoms with E-state index in [0.717, 1.165) is 5.56 Å². The molecule has 4 rings (SSSR count). The van der Waals surface area contributed by atoms with Crippen molar-refractivity contribution in [3.05, 3.63) is 71.1 Å². The lowest BCUT2D eigenvalue weighted by Gasteiger charge is -2.11. The van der Waals surface area contributed by atoms with E-state index in [1.54, 1.807) is 62.2 Å². The zero-order valence-corrected chi connectivity index (χ0v) is 20.3. The van der Waals surface area contributed by atoms with Gasteiger partial charge in [-0.05, 0) is 50.1 Å². The molecule has 10 heteroatoms. The third-order valence-electron chi connectivity index (χ3n) is 5.23. The average Bonchev–Trinajstić information content (AvgIpc) is 3.40. The summed E-state index contributed by atoms with van der Waals surface area (Å²) in [5.74, 6) is 0.208. The summed E-state index contributed by atoms with van der Waals surface area (Å²) >= 11 is 0. The first-order valence-corrected chi connectivity index (χ1v) is 12.5. The highest BCUT2D eigenvalue weighted by atomic mass is 32.2. The van der Waals surface area contributed by atoms with Crippen LogP contribution in [0, 0.1) is 6.92 Å². The molecule has 178 valence electrons. The highest BCUT2D eigenvalue weighted by Gasteiger charge is 2.20. The number of amides is 1. The molecule has 0 bridgehead atoms. The summed E-state index contributed by atoms with van der Waals surface area (Å²) in [4.78, 5) is 17.8. The Kier molecular flexibility index (Phi) is 6.54. The minimum Gasteiger partial charge on any atom is -0.463 e. The number of sulfonamides is 1. The molecule has 3 aromatic heterocycles. The van der Waals surface area contributed by atoms with Crippen molar-refractivity contribution in [3.63, 3.8) is 0 Å². The molecule has 3 heterocycles. The molecule has 0 saturated carbocycles. The number of fused-ring (bicyclic) bond motifs is 1. The second kappa shape index (κ2) is 9.40. The molecule has 0 saturated heterocycles. The van der Waals surface area contributed by atoms with Gasteiger partial charge in [-0.1, -0.05) is 24.3 Å². The molecule has 4 aromatic rings. The van der Waals surface area contributed by atoms with E-state index in [-0.39, 0.29) is 24.2 Å². The van der Waals surface area contributed by atoms with Crippen LogP contribution < -0.4 is 10.0 Å². The summed E-state index contributed by atoms with van der Waals surface area (Å²) in [7, 11) is -1.61. The summed E-state index contributed by atoms with van der Waals surface area (Å²) in [6, 6.07) is 12.2. The van der Waals surface area contributed by atoms with Gasteiger partial charge in [-0.25, -0.2) is 18.1 Å². The maximum Gasteiger partial charge on any atom is 0.252 e. The zero-order valence-electron chi connectivity index (χ0n) is 19.5. The largest absolute Gasteiger partial charge is 0.463 e. The Balaban J connectivity index is 1.53. The van der Waals surface area contributed by atoms with E-state index < -0.39 is 10.0 Å². The van der Waals surface area contributed by atoms with Crippen LogP contribution in [0.5, 0.6) is 0 Å². The number of benzene rings is 1. The third kappa shape index (κ3) is 5.18. The lowest BCUT2D eigenvalue weighted by Crippen LogP contribution is -2.31. The first-order chi connectivity index (χ1) is 16.1. The molecule has 0 spiro atoms. The van der Waals surface area contributed by atoms with E-state index in [2.05, 4.69) is 20.1 Å². The van der Waals surface area contributed by atoms with Gasteiger partial charge in [-0.3, -0.25) is 9.48 Å². The van der Waals surface area contributed by atoms with Crippen LogP contribution in [0.1, 0.15) is 41.0 Å². The summed E-state index contributed by atoms with van der Waals surface area (Å²) in [6.07, 6.45) is 1.56. The van der Waals surface area contributed by atoms with Gasteiger partial charge in [-0.2, -0.15) is 5.10 Å². The van der Waals surface area contributed by atoms with Crippen LogP contribution in [0.4, 0.5) is 0 Å². The van der Waals surface area contributed by atoms with Gasteiger partial charge in [0.25, 0.3) is 5.91 Å². The van der Waals surface area contributed by atoms with E-state index in [4.69, 9.17) is 4.42 Å². The zero-order chi connectivity index (χ0) is 24.5. The molecule has 1 aromatic carbocycles. The minimum absolute atomic E-state index is 0.0946. The number of aryl methyl sites for hydroxylation is 2. The molecule has 1 amide bonds. The lowest BCUT2D eigenvalue weighted by molar-refractivity contribution is 0.0952. The normalized spacial score (nSPS) is 11.9. The summed E-state index contributed by atoms with van der Waals surface area (Å²) < 4.78 is 34.0. The molecule has 0 aliphatic carbocycles. The van der Waals surface area contributed by atoms with Gasteiger partial charge in [0.15, 0.2) is 11.4 Å². The van der Waals surface area contributed by atoms with Crippen molar-refractivity contribution in [1.29, 1.82) is 0 Å². The maximum absolute atomic E-state index is 13.2. The van der Waals surface area contributed by atoms with E-state index in [9.17, 15) is 13.2 Å². The highest BCUT2D eigenvalue weighted by molar-refractivity contribution is 7.88. The molecule has 0 aliphatic heterocycles. The monoisotopic (exact) mass is 481 g/mol. The number of carbonyl (C=O) groups excluding carboxylic acids is 1. The van der Waals surface area contributed by atoms with E-state index in [1.807, 2.05) is 19.1 Å². The van der Waals surface area contributed by atoms with Gasteiger partial charge in [0.1, 0.15) is 5.69 Å². The van der Waals surface area contributed by atoms with Crippen LogP contribution in [0.15, 0.2) is 53.1 Å². The fourth-order valence-electron chi connectivity index (χ4n) is 3.83. The number of hydrogen-bond acceptors (Lipinski definition) is 6. The van der Waals surface area contributed by atoms with Crippen LogP contribution in [-0.4, -0.2) is 35.1 Å². The fourth-order valence-corrected chi connectivity index (χ4v) is 5.26. The van der Waals surface area contributed by atoms with Gasteiger partial charge in [-0.15, -0.1) is 0 Å². The molecule has 0 radical (unpaired) electrons. The molecule has 9 nitrogen and oxygen atoms in total. The Morgan fingerprint density at radius 2 is 1.85 bits per heavy atom. The summed E-state index contributed by atoms with van der Waals surface area (Å²) in [6.45, 7) is 5.69. The molecule has 0 fully saturated rings. The molecule has 34 heavy (non-hydrogen) atoms. The number of rotatable bonds is 8. The standard InChI is InChI=1S/C24H27N5O4S/c1-15(2)28-34(31,32)14-18-9-7-17(8-10-18)13-25-24(30)19-12-20(21-6-5-11-33-21)26-23-22(19)16(3)27-29(23)4/h5-12,15,28H,13-14H2,1-4H3,(H,25,30). The predicted octanol–water partition coefficient (Wildman–Crippen LogP) is 3.29. The first-order valence-electron chi connectivity index (χ1n) is 10.9. The quantitative estimate of drug-likeness (QED) is 0.399. The van der Waals surface area contributed by atoms with Crippen LogP contribution in [0.25, 0.3) is 22.5 Å². The molecular formula is C24H27N5O4S. The van der Waals surface area contributed by atoms with E-state index in [1.165, 1.54) is 0 Å². The van der Waals surface area contributed by atoms with Crippen LogP contribution in [0.2, 0.25) is 0 Å². The molecule has 0 atom stereocenters. The number of nitrogens with zero attached hydrogens (tertiary/aromatic N) is 3. The first kappa shape index (κ1) is 23.7. The van der Waals surface area contributed by atoms with Crippen molar-refractivity contribution in [3.8, 4) is 11.5 Å². The van der Waals surface area contributed by atoms with Crippen molar-refractivity contribution in [1.82, 2.24) is 24.8 Å². The van der Waals surface area contributed by atoms with Crippen molar-refractivity contribution in [2.45, 2.75) is 39.1 Å². The molecule has 0 unspecified atom stereocenters. The van der Waals surface area contributed by atoms with Crippen molar-refractivity contribution in [2.75, 3.05) is 0 Å². The van der Waals surface area contributed by atoms with Crippen LogP contribution in [-0.2, 0) is 29.4 Å². The summed E-state index contributed by atoms with van der Waals surface area (Å²) in [5, 5.41) is 8.05. The average molecular weight is 482 g/mol. The van der Waals surface area contributed by atoms with Crippen molar-refractivity contribution >= 4 is 27.0 Å². The van der Waals surface area contributed by atoms with Crippen molar-refractivity contribution < 1.29 is 17.6 Å². The van der Waals surface area contributed by atoms with Crippen LogP contribution >= 0.6 is 0 Å². The topological polar surface area (TPSA) is 119 Å². The van der Waals surface area contributed by atoms with Gasteiger partial charge >= 0.3 is 0 Å². The number of aromatic nitrogens is 3. The fraction of sp³-hybridized carbons (Fsp3) is 0.292. The van der Waals surface area contributed by atoms with Gasteiger partial charge < -0.3 is 9.73 Å². The number of furan rings is 1. The Hall–Kier alpha value is -3.50. The predicted molar refractivity (Wildman–Crippen MR) is 129 cm³/mol. The van der Waals surface area contributed by atoms with Crippen LogP contribution in [0.3, 0.4) is 0 Å². The summed E-state index contributed by atoms with van der Waals surface area (Å²) in [5.41, 5.74) is 3.84. The number of nitrogens with one attached hydrogen (secondary N) is 2. The van der Waals surface area contributed by atoms with Gasteiger partial charge in [0, 0.05) is 19.6 Å². The highest BCUT2D eigenvalue weighted by Crippen LogP contribution is 2.27. The Labute approximate surface area is 198 Å². The third-order valence-corrected chi connectivity index (χ3v) is 6.78. The lowest BCUT2D eigenvalue weighted by atomic mass is 10.1. The van der Waals surface area contributed by atoms with Gasteiger partial charge in [0.2, 0.25) is 10.0 Å². The second-order valence-corrected chi connectivity index (χ2v) is 10.2. The molecule has 2 N–H and O–H groups in total. The Morgan fingerprint density at radius 1 is 1.15 bits per heavy atom.